The van der Waals surface area contributed by atoms with Gasteiger partial charge in [-0.05, 0) is 42.7 Å². The van der Waals surface area contributed by atoms with Crippen molar-refractivity contribution in [3.8, 4) is 0 Å². The highest BCUT2D eigenvalue weighted by molar-refractivity contribution is 5.95. The summed E-state index contributed by atoms with van der Waals surface area (Å²) in [5.41, 5.74) is 6.79. The summed E-state index contributed by atoms with van der Waals surface area (Å²) in [5, 5.41) is 16.3. The summed E-state index contributed by atoms with van der Waals surface area (Å²) < 4.78 is 10.3. The Kier molecular flexibility index (Phi) is 10.1. The van der Waals surface area contributed by atoms with E-state index in [4.69, 9.17) is 15.2 Å². The summed E-state index contributed by atoms with van der Waals surface area (Å²) in [7, 11) is 2.87. The number of ether oxygens (including phenoxy) is 2. The van der Waals surface area contributed by atoms with Crippen LogP contribution in [0.15, 0.2) is 24.3 Å². The van der Waals surface area contributed by atoms with E-state index >= 15 is 0 Å². The number of aliphatic hydroxyl groups excluding tert-OH is 1. The standard InChI is InChI=1S/C28H44N4O6/c1-27(2,15-21(29)23(33)17-30-25(35)28(38-4)12-8-5-9-13-28)16-24(34)32-18-20(31-26(36)37-3)14-19-10-6-7-11-22(19)32/h6-7,10-11,20-21,23,33H,5,8-9,12-18,29H2,1-4H3,(H,30,35)(H,31,36)/t20?,21-,23-/m0/s1. The third-order valence-electron chi connectivity index (χ3n) is 7.81. The molecule has 3 atom stereocenters. The number of aliphatic hydroxyl groups is 1. The van der Waals surface area contributed by atoms with Gasteiger partial charge in [-0.15, -0.1) is 0 Å². The minimum atomic E-state index is -0.963. The fraction of sp³-hybridized carbons (Fsp3) is 0.679. The SMILES string of the molecule is COC(=O)NC1Cc2ccccc2N(C(=O)CC(C)(C)C[C@H](N)[C@@H](O)CNC(=O)C2(OC)CCCCC2)C1. The number of nitrogens with one attached hydrogen (secondary N) is 2. The average Bonchev–Trinajstić information content (AvgIpc) is 2.90. The highest BCUT2D eigenvalue weighted by Crippen LogP contribution is 2.33. The molecule has 2 aliphatic rings. The highest BCUT2D eigenvalue weighted by Gasteiger charge is 2.40. The molecule has 1 aromatic rings. The van der Waals surface area contributed by atoms with Gasteiger partial charge in [0.05, 0.1) is 19.3 Å². The molecule has 0 radical (unpaired) electrons. The van der Waals surface area contributed by atoms with E-state index in [1.807, 2.05) is 38.1 Å². The van der Waals surface area contributed by atoms with Gasteiger partial charge in [0.25, 0.3) is 5.91 Å². The van der Waals surface area contributed by atoms with Gasteiger partial charge in [0.15, 0.2) is 0 Å². The molecule has 10 nitrogen and oxygen atoms in total. The Balaban J connectivity index is 1.58. The molecule has 0 spiro atoms. The fourth-order valence-electron chi connectivity index (χ4n) is 5.66. The number of hydrogen-bond acceptors (Lipinski definition) is 7. The number of carbonyl (C=O) groups is 3. The van der Waals surface area contributed by atoms with Crippen molar-refractivity contribution in [1.29, 1.82) is 0 Å². The van der Waals surface area contributed by atoms with E-state index in [0.29, 0.717) is 32.2 Å². The quantitative estimate of drug-likeness (QED) is 0.362. The van der Waals surface area contributed by atoms with Crippen LogP contribution in [-0.2, 0) is 25.5 Å². The molecule has 1 aromatic carbocycles. The maximum Gasteiger partial charge on any atom is 0.407 e. The molecule has 1 heterocycles. The molecule has 0 bridgehead atoms. The van der Waals surface area contributed by atoms with Gasteiger partial charge in [-0.1, -0.05) is 51.3 Å². The molecule has 0 saturated heterocycles. The van der Waals surface area contributed by atoms with E-state index in [1.165, 1.54) is 7.11 Å². The minimum Gasteiger partial charge on any atom is -0.453 e. The van der Waals surface area contributed by atoms with Crippen LogP contribution < -0.4 is 21.3 Å². The van der Waals surface area contributed by atoms with Crippen molar-refractivity contribution < 1.29 is 29.0 Å². The first-order valence-electron chi connectivity index (χ1n) is 13.5. The third kappa shape index (κ3) is 7.45. The third-order valence-corrected chi connectivity index (χ3v) is 7.81. The van der Waals surface area contributed by atoms with Gasteiger partial charge in [-0.25, -0.2) is 4.79 Å². The molecular formula is C28H44N4O6. The summed E-state index contributed by atoms with van der Waals surface area (Å²) in [6, 6.07) is 6.76. The Labute approximate surface area is 225 Å². The van der Waals surface area contributed by atoms with E-state index in [2.05, 4.69) is 10.6 Å². The number of carbonyl (C=O) groups excluding carboxylic acids is 3. The molecule has 212 valence electrons. The first kappa shape index (κ1) is 29.9. The zero-order chi connectivity index (χ0) is 27.9. The number of methoxy groups -OCH3 is 2. The Bertz CT molecular complexity index is 978. The van der Waals surface area contributed by atoms with Gasteiger partial charge in [0, 0.05) is 38.3 Å². The Morgan fingerprint density at radius 2 is 1.87 bits per heavy atom. The van der Waals surface area contributed by atoms with Crippen LogP contribution in [0.4, 0.5) is 10.5 Å². The number of anilines is 1. The molecule has 5 N–H and O–H groups in total. The molecule has 3 rings (SSSR count). The largest absolute Gasteiger partial charge is 0.453 e. The zero-order valence-corrected chi connectivity index (χ0v) is 23.1. The normalized spacial score (nSPS) is 20.6. The summed E-state index contributed by atoms with van der Waals surface area (Å²) in [5.74, 6) is -0.299. The monoisotopic (exact) mass is 532 g/mol. The van der Waals surface area contributed by atoms with Crippen LogP contribution in [0.25, 0.3) is 0 Å². The Hall–Kier alpha value is -2.69. The van der Waals surface area contributed by atoms with E-state index in [-0.39, 0.29) is 30.8 Å². The molecule has 10 heteroatoms. The maximum atomic E-state index is 13.5. The smallest absolute Gasteiger partial charge is 0.407 e. The number of fused-ring (bicyclic) bond motifs is 1. The van der Waals surface area contributed by atoms with Gasteiger partial charge in [0.1, 0.15) is 5.60 Å². The second kappa shape index (κ2) is 12.9. The van der Waals surface area contributed by atoms with Crippen LogP contribution in [0.3, 0.4) is 0 Å². The van der Waals surface area contributed by atoms with Crippen LogP contribution in [0, 0.1) is 5.41 Å². The van der Waals surface area contributed by atoms with Crippen molar-refractivity contribution in [2.75, 3.05) is 32.2 Å². The van der Waals surface area contributed by atoms with E-state index in [9.17, 15) is 19.5 Å². The number of amides is 3. The van der Waals surface area contributed by atoms with Gasteiger partial charge >= 0.3 is 6.09 Å². The second-order valence-corrected chi connectivity index (χ2v) is 11.4. The van der Waals surface area contributed by atoms with Crippen LogP contribution in [0.2, 0.25) is 0 Å². The second-order valence-electron chi connectivity index (χ2n) is 11.4. The van der Waals surface area contributed by atoms with Crippen LogP contribution in [-0.4, -0.2) is 74.1 Å². The van der Waals surface area contributed by atoms with Gasteiger partial charge in [-0.2, -0.15) is 0 Å². The van der Waals surface area contributed by atoms with E-state index < -0.39 is 29.3 Å². The van der Waals surface area contributed by atoms with Gasteiger partial charge in [-0.3, -0.25) is 9.59 Å². The van der Waals surface area contributed by atoms with Crippen molar-refractivity contribution in [1.82, 2.24) is 10.6 Å². The van der Waals surface area contributed by atoms with E-state index in [0.717, 1.165) is 30.5 Å². The van der Waals surface area contributed by atoms with Crippen molar-refractivity contribution in [3.63, 3.8) is 0 Å². The first-order chi connectivity index (χ1) is 18.0. The van der Waals surface area contributed by atoms with E-state index in [1.54, 1.807) is 12.0 Å². The summed E-state index contributed by atoms with van der Waals surface area (Å²) in [6.07, 6.45) is 3.99. The minimum absolute atomic E-state index is 0.0233. The molecule has 1 fully saturated rings. The number of benzene rings is 1. The van der Waals surface area contributed by atoms with Crippen molar-refractivity contribution in [3.05, 3.63) is 29.8 Å². The summed E-state index contributed by atoms with van der Waals surface area (Å²) in [6.45, 7) is 4.24. The number of para-hydroxylation sites is 1. The molecule has 1 saturated carbocycles. The van der Waals surface area contributed by atoms with Crippen molar-refractivity contribution in [2.45, 2.75) is 89.0 Å². The molecule has 3 amide bonds. The fourth-order valence-corrected chi connectivity index (χ4v) is 5.66. The summed E-state index contributed by atoms with van der Waals surface area (Å²) in [4.78, 5) is 39.8. The predicted octanol–water partition coefficient (Wildman–Crippen LogP) is 2.26. The zero-order valence-electron chi connectivity index (χ0n) is 23.1. The Morgan fingerprint density at radius 1 is 1.18 bits per heavy atom. The molecular weight excluding hydrogens is 488 g/mol. The van der Waals surface area contributed by atoms with Crippen LogP contribution >= 0.6 is 0 Å². The average molecular weight is 533 g/mol. The molecule has 1 aliphatic heterocycles. The van der Waals surface area contributed by atoms with Crippen molar-refractivity contribution in [2.24, 2.45) is 11.1 Å². The molecule has 1 unspecified atom stereocenters. The van der Waals surface area contributed by atoms with Gasteiger partial charge < -0.3 is 35.8 Å². The molecule has 0 aromatic heterocycles. The maximum absolute atomic E-state index is 13.5. The number of hydrogen-bond donors (Lipinski definition) is 4. The number of nitrogens with zero attached hydrogens (tertiary/aromatic N) is 1. The molecule has 38 heavy (non-hydrogen) atoms. The Morgan fingerprint density at radius 3 is 2.53 bits per heavy atom. The van der Waals surface area contributed by atoms with Crippen LogP contribution in [0.1, 0.15) is 64.4 Å². The summed E-state index contributed by atoms with van der Waals surface area (Å²) >= 11 is 0. The lowest BCUT2D eigenvalue weighted by Crippen LogP contribution is -2.53. The number of nitrogens with two attached hydrogens (primary N) is 1. The highest BCUT2D eigenvalue weighted by atomic mass is 16.5. The lowest BCUT2D eigenvalue weighted by atomic mass is 9.80. The van der Waals surface area contributed by atoms with Crippen LogP contribution in [0.5, 0.6) is 0 Å². The van der Waals surface area contributed by atoms with Gasteiger partial charge in [0.2, 0.25) is 5.91 Å². The topological polar surface area (TPSA) is 143 Å². The number of alkyl carbamates (subject to hydrolysis) is 1. The lowest BCUT2D eigenvalue weighted by Gasteiger charge is -2.37. The lowest BCUT2D eigenvalue weighted by molar-refractivity contribution is -0.148. The predicted molar refractivity (Wildman–Crippen MR) is 145 cm³/mol. The molecule has 1 aliphatic carbocycles. The van der Waals surface area contributed by atoms with Crippen molar-refractivity contribution >= 4 is 23.6 Å². The number of rotatable bonds is 10. The first-order valence-corrected chi connectivity index (χ1v) is 13.5.